The van der Waals surface area contributed by atoms with Gasteiger partial charge in [-0.05, 0) is 6.07 Å². The molecule has 1 saturated heterocycles. The molecule has 0 amide bonds. The summed E-state index contributed by atoms with van der Waals surface area (Å²) in [6.45, 7) is 1.75. The molecule has 2 heterocycles. The van der Waals surface area contributed by atoms with Gasteiger partial charge in [0.25, 0.3) is 0 Å². The molecule has 5 nitrogen and oxygen atoms in total. The molecule has 0 spiro atoms. The summed E-state index contributed by atoms with van der Waals surface area (Å²) in [5, 5.41) is 0. The molecular weight excluding hydrogens is 220 g/mol. The Balaban J connectivity index is 1.88. The van der Waals surface area contributed by atoms with Crippen LogP contribution < -0.4 is 9.64 Å². The minimum absolute atomic E-state index is 0.137. The second-order valence-corrected chi connectivity index (χ2v) is 4.11. The molecule has 1 aliphatic heterocycles. The van der Waals surface area contributed by atoms with E-state index in [0.29, 0.717) is 18.2 Å². The first kappa shape index (κ1) is 11.7. The van der Waals surface area contributed by atoms with Gasteiger partial charge in [-0.1, -0.05) is 0 Å². The molecule has 1 fully saturated rings. The largest absolute Gasteiger partial charge is 0.481 e. The number of ether oxygens (including phenoxy) is 2. The van der Waals surface area contributed by atoms with Gasteiger partial charge in [0.2, 0.25) is 5.88 Å². The number of esters is 1. The van der Waals surface area contributed by atoms with Crippen LogP contribution in [0.3, 0.4) is 0 Å². The van der Waals surface area contributed by atoms with Crippen LogP contribution in [-0.2, 0) is 9.53 Å². The van der Waals surface area contributed by atoms with E-state index in [1.54, 1.807) is 13.3 Å². The normalized spacial score (nSPS) is 15.3. The molecule has 0 bridgehead atoms. The second-order valence-electron chi connectivity index (χ2n) is 4.11. The van der Waals surface area contributed by atoms with Crippen LogP contribution in [0.2, 0.25) is 0 Å². The molecule has 0 unspecified atom stereocenters. The number of nitrogens with zero attached hydrogens (tertiary/aromatic N) is 2. The Morgan fingerprint density at radius 1 is 1.53 bits per heavy atom. The molecule has 5 heteroatoms. The van der Waals surface area contributed by atoms with E-state index in [2.05, 4.69) is 14.6 Å². The third kappa shape index (κ3) is 2.67. The van der Waals surface area contributed by atoms with E-state index >= 15 is 0 Å². The first-order valence-electron chi connectivity index (χ1n) is 5.54. The van der Waals surface area contributed by atoms with Gasteiger partial charge in [0.1, 0.15) is 0 Å². The molecule has 1 aliphatic rings. The lowest BCUT2D eigenvalue weighted by atomic mass is 9.96. The molecule has 0 N–H and O–H groups in total. The fraction of sp³-hybridized carbons (Fsp3) is 0.500. The average Bonchev–Trinajstić information content (AvgIpc) is 2.32. The zero-order chi connectivity index (χ0) is 12.3. The summed E-state index contributed by atoms with van der Waals surface area (Å²) in [6.07, 6.45) is 2.22. The second kappa shape index (κ2) is 5.03. The van der Waals surface area contributed by atoms with Crippen LogP contribution in [0, 0.1) is 5.92 Å². The molecule has 17 heavy (non-hydrogen) atoms. The van der Waals surface area contributed by atoms with E-state index in [-0.39, 0.29) is 5.97 Å². The van der Waals surface area contributed by atoms with Gasteiger partial charge in [0.05, 0.1) is 20.6 Å². The van der Waals surface area contributed by atoms with Gasteiger partial charge in [-0.2, -0.15) is 0 Å². The summed E-state index contributed by atoms with van der Waals surface area (Å²) in [6, 6.07) is 3.84. The van der Waals surface area contributed by atoms with Crippen molar-refractivity contribution in [3.8, 4) is 5.88 Å². The van der Waals surface area contributed by atoms with Crippen molar-refractivity contribution >= 4 is 11.7 Å². The number of hydrogen-bond acceptors (Lipinski definition) is 5. The Morgan fingerprint density at radius 3 is 2.94 bits per heavy atom. The van der Waals surface area contributed by atoms with E-state index in [4.69, 9.17) is 4.74 Å². The van der Waals surface area contributed by atoms with Crippen molar-refractivity contribution in [1.82, 2.24) is 4.98 Å². The maximum absolute atomic E-state index is 11.1. The highest BCUT2D eigenvalue weighted by Crippen LogP contribution is 2.28. The zero-order valence-corrected chi connectivity index (χ0v) is 10.0. The van der Waals surface area contributed by atoms with Gasteiger partial charge in [0, 0.05) is 37.0 Å². The third-order valence-electron chi connectivity index (χ3n) is 2.93. The first-order valence-corrected chi connectivity index (χ1v) is 5.54. The predicted molar refractivity (Wildman–Crippen MR) is 63.1 cm³/mol. The number of methoxy groups -OCH3 is 2. The summed E-state index contributed by atoms with van der Waals surface area (Å²) in [5.41, 5.74) is 1.08. The van der Waals surface area contributed by atoms with Gasteiger partial charge in [-0.3, -0.25) is 4.79 Å². The van der Waals surface area contributed by atoms with Gasteiger partial charge >= 0.3 is 5.97 Å². The van der Waals surface area contributed by atoms with Crippen LogP contribution in [0.4, 0.5) is 5.69 Å². The number of carbonyl (C=O) groups is 1. The smallest absolute Gasteiger partial charge is 0.305 e. The third-order valence-corrected chi connectivity index (χ3v) is 2.93. The lowest BCUT2D eigenvalue weighted by Crippen LogP contribution is -2.47. The molecular formula is C12H16N2O3. The van der Waals surface area contributed by atoms with E-state index in [1.807, 2.05) is 12.1 Å². The lowest BCUT2D eigenvalue weighted by Gasteiger charge is -2.40. The molecule has 1 aromatic rings. The average molecular weight is 236 g/mol. The Kier molecular flexibility index (Phi) is 3.46. The fourth-order valence-electron chi connectivity index (χ4n) is 1.94. The van der Waals surface area contributed by atoms with Crippen molar-refractivity contribution in [2.24, 2.45) is 5.92 Å². The van der Waals surface area contributed by atoms with Crippen molar-refractivity contribution in [2.45, 2.75) is 6.42 Å². The highest BCUT2D eigenvalue weighted by Gasteiger charge is 2.29. The number of pyridine rings is 1. The highest BCUT2D eigenvalue weighted by atomic mass is 16.5. The van der Waals surface area contributed by atoms with Crippen molar-refractivity contribution in [2.75, 3.05) is 32.2 Å². The molecule has 1 aromatic heterocycles. The Hall–Kier alpha value is -1.78. The Morgan fingerprint density at radius 2 is 2.29 bits per heavy atom. The van der Waals surface area contributed by atoms with Crippen molar-refractivity contribution in [3.63, 3.8) is 0 Å². The maximum atomic E-state index is 11.1. The molecule has 92 valence electrons. The zero-order valence-electron chi connectivity index (χ0n) is 10.0. The number of anilines is 1. The van der Waals surface area contributed by atoms with Gasteiger partial charge < -0.3 is 14.4 Å². The number of hydrogen-bond donors (Lipinski definition) is 0. The monoisotopic (exact) mass is 236 g/mol. The summed E-state index contributed by atoms with van der Waals surface area (Å²) < 4.78 is 9.72. The van der Waals surface area contributed by atoms with Crippen molar-refractivity contribution in [3.05, 3.63) is 18.3 Å². The lowest BCUT2D eigenvalue weighted by molar-refractivity contribution is -0.141. The van der Waals surface area contributed by atoms with Gasteiger partial charge in [-0.15, -0.1) is 0 Å². The highest BCUT2D eigenvalue weighted by molar-refractivity contribution is 5.70. The van der Waals surface area contributed by atoms with Crippen LogP contribution >= 0.6 is 0 Å². The van der Waals surface area contributed by atoms with Crippen molar-refractivity contribution in [1.29, 1.82) is 0 Å². The topological polar surface area (TPSA) is 51.7 Å². The van der Waals surface area contributed by atoms with Crippen LogP contribution in [0.15, 0.2) is 18.3 Å². The van der Waals surface area contributed by atoms with Crippen molar-refractivity contribution < 1.29 is 14.3 Å². The number of rotatable bonds is 4. The van der Waals surface area contributed by atoms with Gasteiger partial charge in [-0.25, -0.2) is 4.98 Å². The summed E-state index contributed by atoms with van der Waals surface area (Å²) in [5.74, 6) is 0.863. The molecule has 0 atom stereocenters. The first-order chi connectivity index (χ1) is 8.22. The fourth-order valence-corrected chi connectivity index (χ4v) is 1.94. The number of aromatic nitrogens is 1. The molecule has 0 radical (unpaired) electrons. The standard InChI is InChI=1S/C12H16N2O3/c1-16-11-6-10(3-4-13-11)14-7-9(8-14)5-12(15)17-2/h3-4,6,9H,5,7-8H2,1-2H3. The van der Waals surface area contributed by atoms with Crippen LogP contribution in [0.25, 0.3) is 0 Å². The minimum Gasteiger partial charge on any atom is -0.481 e. The summed E-state index contributed by atoms with van der Waals surface area (Å²) in [7, 11) is 3.02. The van der Waals surface area contributed by atoms with Crippen LogP contribution in [0.5, 0.6) is 5.88 Å². The van der Waals surface area contributed by atoms with Gasteiger partial charge in [0.15, 0.2) is 0 Å². The van der Waals surface area contributed by atoms with E-state index in [9.17, 15) is 4.79 Å². The molecule has 0 aliphatic carbocycles. The van der Waals surface area contributed by atoms with E-state index in [0.717, 1.165) is 18.8 Å². The molecule has 0 saturated carbocycles. The maximum Gasteiger partial charge on any atom is 0.305 e. The SMILES string of the molecule is COC(=O)CC1CN(c2ccnc(OC)c2)C1. The summed E-state index contributed by atoms with van der Waals surface area (Å²) in [4.78, 5) is 17.3. The van der Waals surface area contributed by atoms with Crippen LogP contribution in [0.1, 0.15) is 6.42 Å². The minimum atomic E-state index is -0.137. The van der Waals surface area contributed by atoms with E-state index < -0.39 is 0 Å². The van der Waals surface area contributed by atoms with E-state index in [1.165, 1.54) is 7.11 Å². The quantitative estimate of drug-likeness (QED) is 0.732. The number of carbonyl (C=O) groups excluding carboxylic acids is 1. The Bertz CT molecular complexity index is 402. The summed E-state index contributed by atoms with van der Waals surface area (Å²) >= 11 is 0. The Labute approximate surface area is 100 Å². The molecule has 2 rings (SSSR count). The van der Waals surface area contributed by atoms with Crippen LogP contribution in [-0.4, -0.2) is 38.3 Å². The molecule has 0 aromatic carbocycles. The predicted octanol–water partition coefficient (Wildman–Crippen LogP) is 1.09.